The van der Waals surface area contributed by atoms with Crippen molar-refractivity contribution >= 4 is 11.9 Å². The third-order valence-corrected chi connectivity index (χ3v) is 4.18. The second kappa shape index (κ2) is 12.5. The molecule has 0 saturated heterocycles. The Labute approximate surface area is 151 Å². The first-order valence-corrected chi connectivity index (χ1v) is 9.42. The molecule has 0 saturated carbocycles. The maximum Gasteiger partial charge on any atom is 0.306 e. The van der Waals surface area contributed by atoms with Gasteiger partial charge < -0.3 is 9.84 Å². The number of carboxylic acid groups (broad SMARTS) is 1. The van der Waals surface area contributed by atoms with Gasteiger partial charge >= 0.3 is 11.9 Å². The quantitative estimate of drug-likeness (QED) is 0.402. The van der Waals surface area contributed by atoms with E-state index >= 15 is 0 Å². The predicted octanol–water partition coefficient (Wildman–Crippen LogP) is 5.00. The number of unbranched alkanes of at least 4 members (excludes halogenated alkanes) is 2. The number of hydrogen-bond donors (Lipinski definition) is 1. The molecule has 4 nitrogen and oxygen atoms in total. The first kappa shape index (κ1) is 21.2. The number of hydrogen-bond acceptors (Lipinski definition) is 3. The molecular weight excluding hydrogens is 316 g/mol. The highest BCUT2D eigenvalue weighted by Crippen LogP contribution is 2.16. The van der Waals surface area contributed by atoms with Gasteiger partial charge in [0.05, 0.1) is 0 Å². The molecule has 1 aromatic carbocycles. The molecule has 0 amide bonds. The molecule has 1 atom stereocenters. The van der Waals surface area contributed by atoms with Crippen LogP contribution in [0.5, 0.6) is 0 Å². The second-order valence-corrected chi connectivity index (χ2v) is 7.08. The summed E-state index contributed by atoms with van der Waals surface area (Å²) in [6.07, 6.45) is 6.41. The maximum absolute atomic E-state index is 12.1. The zero-order valence-corrected chi connectivity index (χ0v) is 15.6. The molecule has 0 aromatic heterocycles. The Hall–Kier alpha value is -1.84. The van der Waals surface area contributed by atoms with Crippen LogP contribution >= 0.6 is 0 Å². The van der Waals surface area contributed by atoms with E-state index in [1.165, 1.54) is 12.0 Å². The fourth-order valence-electron chi connectivity index (χ4n) is 2.79. The Bertz CT molecular complexity index is 496. The van der Waals surface area contributed by atoms with Crippen molar-refractivity contribution in [3.8, 4) is 0 Å². The van der Waals surface area contributed by atoms with Crippen molar-refractivity contribution in [3.05, 3.63) is 35.9 Å². The lowest BCUT2D eigenvalue weighted by Gasteiger charge is -2.18. The van der Waals surface area contributed by atoms with Crippen LogP contribution < -0.4 is 0 Å². The molecule has 1 unspecified atom stereocenters. The minimum Gasteiger partial charge on any atom is -0.481 e. The minimum atomic E-state index is -0.819. The Morgan fingerprint density at radius 2 is 1.60 bits per heavy atom. The average Bonchev–Trinajstić information content (AvgIpc) is 2.56. The minimum absolute atomic E-state index is 0.0958. The van der Waals surface area contributed by atoms with Crippen molar-refractivity contribution in [3.63, 3.8) is 0 Å². The van der Waals surface area contributed by atoms with Gasteiger partial charge in [0, 0.05) is 19.3 Å². The molecule has 0 radical (unpaired) electrons. The lowest BCUT2D eigenvalue weighted by Crippen LogP contribution is -2.21. The molecule has 0 aliphatic rings. The second-order valence-electron chi connectivity index (χ2n) is 7.08. The highest BCUT2D eigenvalue weighted by Gasteiger charge is 2.15. The summed E-state index contributed by atoms with van der Waals surface area (Å²) >= 11 is 0. The lowest BCUT2D eigenvalue weighted by molar-refractivity contribution is -0.149. The van der Waals surface area contributed by atoms with E-state index in [9.17, 15) is 9.59 Å². The SMILES string of the molecule is CC(C)CCCCC(Cc1ccccc1)OC(=O)CCCCC(=O)O. The highest BCUT2D eigenvalue weighted by atomic mass is 16.5. The molecular formula is C21H32O4. The Morgan fingerprint density at radius 1 is 0.960 bits per heavy atom. The molecule has 0 spiro atoms. The van der Waals surface area contributed by atoms with Crippen molar-refractivity contribution in [1.82, 2.24) is 0 Å². The zero-order valence-electron chi connectivity index (χ0n) is 15.6. The molecule has 0 aliphatic heterocycles. The molecule has 0 aliphatic carbocycles. The van der Waals surface area contributed by atoms with Gasteiger partial charge in [-0.2, -0.15) is 0 Å². The van der Waals surface area contributed by atoms with Crippen molar-refractivity contribution in [2.75, 3.05) is 0 Å². The molecule has 0 bridgehead atoms. The number of carbonyl (C=O) groups is 2. The maximum atomic E-state index is 12.1. The summed E-state index contributed by atoms with van der Waals surface area (Å²) in [6.45, 7) is 4.44. The summed E-state index contributed by atoms with van der Waals surface area (Å²) in [5, 5.41) is 8.63. The van der Waals surface area contributed by atoms with E-state index in [-0.39, 0.29) is 18.5 Å². The van der Waals surface area contributed by atoms with Gasteiger partial charge in [0.2, 0.25) is 0 Å². The largest absolute Gasteiger partial charge is 0.481 e. The van der Waals surface area contributed by atoms with Crippen molar-refractivity contribution in [2.45, 2.75) is 77.7 Å². The molecule has 140 valence electrons. The Balaban J connectivity index is 2.43. The van der Waals surface area contributed by atoms with E-state index in [4.69, 9.17) is 9.84 Å². The van der Waals surface area contributed by atoms with Gasteiger partial charge in [0.1, 0.15) is 6.10 Å². The van der Waals surface area contributed by atoms with E-state index in [0.29, 0.717) is 25.2 Å². The van der Waals surface area contributed by atoms with Gasteiger partial charge in [-0.15, -0.1) is 0 Å². The van der Waals surface area contributed by atoms with Crippen LogP contribution in [0.2, 0.25) is 0 Å². The van der Waals surface area contributed by atoms with Crippen LogP contribution in [0.3, 0.4) is 0 Å². The van der Waals surface area contributed by atoms with E-state index in [0.717, 1.165) is 25.7 Å². The van der Waals surface area contributed by atoms with Crippen LogP contribution in [-0.4, -0.2) is 23.1 Å². The van der Waals surface area contributed by atoms with Crippen LogP contribution in [0.25, 0.3) is 0 Å². The first-order chi connectivity index (χ1) is 12.0. The summed E-state index contributed by atoms with van der Waals surface area (Å²) < 4.78 is 5.68. The number of ether oxygens (including phenoxy) is 1. The average molecular weight is 348 g/mol. The topological polar surface area (TPSA) is 63.6 Å². The van der Waals surface area contributed by atoms with Crippen LogP contribution in [0.1, 0.15) is 70.8 Å². The predicted molar refractivity (Wildman–Crippen MR) is 99.4 cm³/mol. The van der Waals surface area contributed by atoms with Gasteiger partial charge in [-0.1, -0.05) is 57.0 Å². The number of aliphatic carboxylic acids is 1. The summed E-state index contributed by atoms with van der Waals surface area (Å²) in [5.41, 5.74) is 1.18. The van der Waals surface area contributed by atoms with Crippen molar-refractivity contribution in [2.24, 2.45) is 5.92 Å². The molecule has 0 heterocycles. The standard InChI is InChI=1S/C21H32O4/c1-17(2)10-6-7-13-19(16-18-11-4-3-5-12-18)25-21(24)15-9-8-14-20(22)23/h3-5,11-12,17,19H,6-10,13-16H2,1-2H3,(H,22,23). The van der Waals surface area contributed by atoms with Crippen LogP contribution in [0.4, 0.5) is 0 Å². The first-order valence-electron chi connectivity index (χ1n) is 9.42. The number of carbonyl (C=O) groups excluding carboxylic acids is 1. The van der Waals surface area contributed by atoms with Crippen molar-refractivity contribution < 1.29 is 19.4 Å². The van der Waals surface area contributed by atoms with E-state index in [1.807, 2.05) is 18.2 Å². The number of carboxylic acids is 1. The van der Waals surface area contributed by atoms with E-state index in [2.05, 4.69) is 26.0 Å². The fourth-order valence-corrected chi connectivity index (χ4v) is 2.79. The normalized spacial score (nSPS) is 12.1. The Morgan fingerprint density at radius 3 is 2.24 bits per heavy atom. The number of benzene rings is 1. The van der Waals surface area contributed by atoms with Gasteiger partial charge in [-0.3, -0.25) is 9.59 Å². The van der Waals surface area contributed by atoms with Crippen LogP contribution in [0, 0.1) is 5.92 Å². The van der Waals surface area contributed by atoms with Crippen molar-refractivity contribution in [1.29, 1.82) is 0 Å². The molecule has 1 N–H and O–H groups in total. The summed E-state index contributed by atoms with van der Waals surface area (Å²) in [6, 6.07) is 10.1. The number of esters is 1. The molecule has 1 rings (SSSR count). The van der Waals surface area contributed by atoms with E-state index in [1.54, 1.807) is 0 Å². The number of rotatable bonds is 13. The smallest absolute Gasteiger partial charge is 0.306 e. The lowest BCUT2D eigenvalue weighted by atomic mass is 10.00. The third-order valence-electron chi connectivity index (χ3n) is 4.18. The van der Waals surface area contributed by atoms with Gasteiger partial charge in [-0.05, 0) is 37.2 Å². The van der Waals surface area contributed by atoms with E-state index < -0.39 is 5.97 Å². The summed E-state index contributed by atoms with van der Waals surface area (Å²) in [5.74, 6) is -0.333. The third kappa shape index (κ3) is 11.4. The van der Waals surface area contributed by atoms with Crippen LogP contribution in [-0.2, 0) is 20.7 Å². The zero-order chi connectivity index (χ0) is 18.5. The molecule has 4 heteroatoms. The molecule has 25 heavy (non-hydrogen) atoms. The van der Waals surface area contributed by atoms with Crippen LogP contribution in [0.15, 0.2) is 30.3 Å². The van der Waals surface area contributed by atoms with Gasteiger partial charge in [-0.25, -0.2) is 0 Å². The molecule has 0 fully saturated rings. The summed E-state index contributed by atoms with van der Waals surface area (Å²) in [4.78, 5) is 22.6. The Kier molecular flexibility index (Phi) is 10.6. The fraction of sp³-hybridized carbons (Fsp3) is 0.619. The van der Waals surface area contributed by atoms with Gasteiger partial charge in [0.25, 0.3) is 0 Å². The summed E-state index contributed by atoms with van der Waals surface area (Å²) in [7, 11) is 0. The monoisotopic (exact) mass is 348 g/mol. The molecule has 1 aromatic rings. The highest BCUT2D eigenvalue weighted by molar-refractivity contribution is 5.70. The van der Waals surface area contributed by atoms with Gasteiger partial charge in [0.15, 0.2) is 0 Å².